The second-order valence-corrected chi connectivity index (χ2v) is 7.79. The molecule has 0 amide bonds. The Hall–Kier alpha value is -1.23. The number of allylic oxidation sites excluding steroid dienone is 2. The van der Waals surface area contributed by atoms with Crippen LogP contribution in [0.3, 0.4) is 0 Å². The third kappa shape index (κ3) is 4.05. The number of rotatable bonds is 1. The lowest BCUT2D eigenvalue weighted by atomic mass is 9.99. The largest absolute Gasteiger partial charge is 0.396 e. The Balaban J connectivity index is 2.32. The van der Waals surface area contributed by atoms with Gasteiger partial charge >= 0.3 is 0 Å². The SMILES string of the molecule is C/C1=C/[C@H](O)C/C(C)=C/[C@H](O)C(=O)/C(C)=C/[C@H]2[C@@H](CC1)[C@]2(C)CO. The zero-order valence-corrected chi connectivity index (χ0v) is 15.1. The first-order chi connectivity index (χ1) is 11.2. The van der Waals surface area contributed by atoms with Gasteiger partial charge in [-0.05, 0) is 63.5 Å². The van der Waals surface area contributed by atoms with Crippen molar-refractivity contribution in [2.45, 2.75) is 59.2 Å². The van der Waals surface area contributed by atoms with Gasteiger partial charge in [0.15, 0.2) is 5.78 Å². The van der Waals surface area contributed by atoms with Crippen molar-refractivity contribution in [3.05, 3.63) is 34.9 Å². The highest BCUT2D eigenvalue weighted by molar-refractivity contribution is 5.99. The van der Waals surface area contributed by atoms with Crippen LogP contribution in [-0.4, -0.2) is 39.9 Å². The molecule has 0 spiro atoms. The number of aliphatic hydroxyl groups excluding tert-OH is 3. The summed E-state index contributed by atoms with van der Waals surface area (Å²) in [6.07, 6.45) is 5.72. The van der Waals surface area contributed by atoms with Crippen molar-refractivity contribution in [3.8, 4) is 0 Å². The molecule has 0 unspecified atom stereocenters. The molecule has 24 heavy (non-hydrogen) atoms. The normalized spacial score (nSPS) is 45.0. The molecule has 0 heterocycles. The molecule has 0 bridgehead atoms. The number of ketones is 1. The molecule has 4 nitrogen and oxygen atoms in total. The van der Waals surface area contributed by atoms with Crippen molar-refractivity contribution in [1.82, 2.24) is 0 Å². The van der Waals surface area contributed by atoms with Gasteiger partial charge in [-0.2, -0.15) is 0 Å². The summed E-state index contributed by atoms with van der Waals surface area (Å²) in [5.74, 6) is 0.172. The molecule has 0 aromatic rings. The lowest BCUT2D eigenvalue weighted by Crippen LogP contribution is -2.20. The molecular formula is C20H30O4. The van der Waals surface area contributed by atoms with Crippen LogP contribution in [0.4, 0.5) is 0 Å². The Morgan fingerprint density at radius 2 is 1.79 bits per heavy atom. The van der Waals surface area contributed by atoms with E-state index in [1.54, 1.807) is 6.92 Å². The fraction of sp³-hybridized carbons (Fsp3) is 0.650. The van der Waals surface area contributed by atoms with E-state index in [2.05, 4.69) is 0 Å². The van der Waals surface area contributed by atoms with E-state index < -0.39 is 12.2 Å². The average Bonchev–Trinajstić information content (AvgIpc) is 3.06. The van der Waals surface area contributed by atoms with Crippen LogP contribution in [-0.2, 0) is 4.79 Å². The fourth-order valence-electron chi connectivity index (χ4n) is 3.92. The fourth-order valence-corrected chi connectivity index (χ4v) is 3.92. The van der Waals surface area contributed by atoms with Crippen molar-refractivity contribution < 1.29 is 20.1 Å². The average molecular weight is 334 g/mol. The molecule has 2 aliphatic carbocycles. The minimum absolute atomic E-state index is 0.0905. The summed E-state index contributed by atoms with van der Waals surface area (Å²) in [6, 6.07) is 0. The van der Waals surface area contributed by atoms with Crippen molar-refractivity contribution in [1.29, 1.82) is 0 Å². The van der Waals surface area contributed by atoms with Crippen LogP contribution in [0.2, 0.25) is 0 Å². The van der Waals surface area contributed by atoms with E-state index >= 15 is 0 Å². The zero-order chi connectivity index (χ0) is 18.1. The lowest BCUT2D eigenvalue weighted by Gasteiger charge is -2.12. The van der Waals surface area contributed by atoms with Crippen LogP contribution >= 0.6 is 0 Å². The zero-order valence-electron chi connectivity index (χ0n) is 15.1. The topological polar surface area (TPSA) is 77.8 Å². The van der Waals surface area contributed by atoms with E-state index in [4.69, 9.17) is 0 Å². The minimum Gasteiger partial charge on any atom is -0.396 e. The van der Waals surface area contributed by atoms with Crippen molar-refractivity contribution >= 4 is 5.78 Å². The first-order valence-corrected chi connectivity index (χ1v) is 8.73. The molecular weight excluding hydrogens is 304 g/mol. The highest BCUT2D eigenvalue weighted by Gasteiger charge is 2.58. The monoisotopic (exact) mass is 334 g/mol. The summed E-state index contributed by atoms with van der Waals surface area (Å²) < 4.78 is 0. The van der Waals surface area contributed by atoms with Gasteiger partial charge in [0.2, 0.25) is 0 Å². The van der Waals surface area contributed by atoms with Crippen LogP contribution in [0.1, 0.15) is 47.0 Å². The van der Waals surface area contributed by atoms with Gasteiger partial charge in [-0.1, -0.05) is 30.2 Å². The van der Waals surface area contributed by atoms with Crippen LogP contribution in [0.25, 0.3) is 0 Å². The molecule has 134 valence electrons. The number of carbonyl (C=O) groups is 1. The van der Waals surface area contributed by atoms with Gasteiger partial charge in [-0.15, -0.1) is 0 Å². The number of Topliss-reactive ketones (excluding diaryl/α,β-unsaturated/α-hetero) is 1. The Labute approximate surface area is 144 Å². The summed E-state index contributed by atoms with van der Waals surface area (Å²) in [7, 11) is 0. The second kappa shape index (κ2) is 7.34. The van der Waals surface area contributed by atoms with Gasteiger partial charge in [-0.3, -0.25) is 4.79 Å². The molecule has 0 aromatic carbocycles. The van der Waals surface area contributed by atoms with Gasteiger partial charge in [0.05, 0.1) is 6.10 Å². The maximum atomic E-state index is 12.4. The summed E-state index contributed by atoms with van der Waals surface area (Å²) in [5.41, 5.74) is 2.28. The Kier molecular flexibility index (Phi) is 5.84. The third-order valence-corrected chi connectivity index (χ3v) is 5.66. The molecule has 2 rings (SSSR count). The van der Waals surface area contributed by atoms with Crippen molar-refractivity contribution in [2.75, 3.05) is 6.61 Å². The summed E-state index contributed by atoms with van der Waals surface area (Å²) in [6.45, 7) is 7.69. The first-order valence-electron chi connectivity index (χ1n) is 8.73. The van der Waals surface area contributed by atoms with Gasteiger partial charge in [0.1, 0.15) is 6.10 Å². The summed E-state index contributed by atoms with van der Waals surface area (Å²) >= 11 is 0. The molecule has 1 saturated carbocycles. The maximum Gasteiger partial charge on any atom is 0.190 e. The molecule has 0 aromatic heterocycles. The van der Waals surface area contributed by atoms with E-state index in [1.165, 1.54) is 6.08 Å². The van der Waals surface area contributed by atoms with Gasteiger partial charge < -0.3 is 15.3 Å². The van der Waals surface area contributed by atoms with E-state index in [-0.39, 0.29) is 23.7 Å². The second-order valence-electron chi connectivity index (χ2n) is 7.79. The van der Waals surface area contributed by atoms with Gasteiger partial charge in [-0.25, -0.2) is 0 Å². The van der Waals surface area contributed by atoms with Gasteiger partial charge in [0, 0.05) is 12.0 Å². The molecule has 0 aliphatic heterocycles. The van der Waals surface area contributed by atoms with Crippen LogP contribution in [0, 0.1) is 17.3 Å². The van der Waals surface area contributed by atoms with Crippen molar-refractivity contribution in [2.24, 2.45) is 17.3 Å². The molecule has 0 saturated heterocycles. The van der Waals surface area contributed by atoms with E-state index in [0.717, 1.165) is 24.0 Å². The van der Waals surface area contributed by atoms with Gasteiger partial charge in [0.25, 0.3) is 0 Å². The number of fused-ring (bicyclic) bond motifs is 1. The number of hydrogen-bond donors (Lipinski definition) is 3. The van der Waals surface area contributed by atoms with Crippen LogP contribution in [0.15, 0.2) is 34.9 Å². The number of hydrogen-bond acceptors (Lipinski definition) is 4. The molecule has 3 N–H and O–H groups in total. The van der Waals surface area contributed by atoms with E-state index in [9.17, 15) is 20.1 Å². The highest BCUT2D eigenvalue weighted by Crippen LogP contribution is 2.61. The van der Waals surface area contributed by atoms with E-state index in [0.29, 0.717) is 17.9 Å². The standard InChI is InChI=1S/C20H30O4/c1-12-5-6-16-17(20(16,4)11-21)10-14(3)19(24)18(23)9-13(2)8-15(22)7-12/h7,9-10,15-18,21-23H,5-6,8,11H2,1-4H3/b12-7-,13-9+,14-10+/t15-,16+,17-,18-,20-/m0/s1. The lowest BCUT2D eigenvalue weighted by molar-refractivity contribution is -0.121. The minimum atomic E-state index is -1.18. The smallest absolute Gasteiger partial charge is 0.190 e. The maximum absolute atomic E-state index is 12.4. The highest BCUT2D eigenvalue weighted by atomic mass is 16.3. The third-order valence-electron chi connectivity index (χ3n) is 5.66. The Bertz CT molecular complexity index is 586. The van der Waals surface area contributed by atoms with Crippen LogP contribution < -0.4 is 0 Å². The molecule has 5 atom stereocenters. The molecule has 2 aliphatic rings. The Morgan fingerprint density at radius 1 is 1.12 bits per heavy atom. The van der Waals surface area contributed by atoms with Crippen molar-refractivity contribution in [3.63, 3.8) is 0 Å². The van der Waals surface area contributed by atoms with E-state index in [1.807, 2.05) is 32.9 Å². The molecule has 0 radical (unpaired) electrons. The predicted octanol–water partition coefficient (Wildman–Crippen LogP) is 2.54. The number of carbonyl (C=O) groups excluding carboxylic acids is 1. The summed E-state index contributed by atoms with van der Waals surface area (Å²) in [4.78, 5) is 12.4. The molecule has 1 fully saturated rings. The predicted molar refractivity (Wildman–Crippen MR) is 94.3 cm³/mol. The molecule has 4 heteroatoms. The summed E-state index contributed by atoms with van der Waals surface area (Å²) in [5, 5.41) is 30.0. The first kappa shape index (κ1) is 19.1. The quantitative estimate of drug-likeness (QED) is 0.644. The number of aliphatic hydroxyl groups is 3. The Morgan fingerprint density at radius 3 is 2.42 bits per heavy atom. The van der Waals surface area contributed by atoms with Crippen LogP contribution in [0.5, 0.6) is 0 Å².